The highest BCUT2D eigenvalue weighted by Crippen LogP contribution is 2.41. The van der Waals surface area contributed by atoms with Crippen LogP contribution in [0.25, 0.3) is 167 Å². The predicted octanol–water partition coefficient (Wildman–Crippen LogP) is 22.8. The van der Waals surface area contributed by atoms with Gasteiger partial charge in [-0.1, -0.05) is 291 Å². The highest BCUT2D eigenvalue weighted by molar-refractivity contribution is 6.12. The van der Waals surface area contributed by atoms with Gasteiger partial charge in [-0.25, -0.2) is 19.9 Å². The van der Waals surface area contributed by atoms with Gasteiger partial charge in [0.15, 0.2) is 11.6 Å². The minimum Gasteiger partial charge on any atom is -0.309 e. The van der Waals surface area contributed by atoms with Crippen LogP contribution in [0.1, 0.15) is 0 Å². The van der Waals surface area contributed by atoms with Gasteiger partial charge >= 0.3 is 0 Å². The summed E-state index contributed by atoms with van der Waals surface area (Å²) in [5.41, 5.74) is 24.2. The summed E-state index contributed by atoms with van der Waals surface area (Å²) >= 11 is 0. The summed E-state index contributed by atoms with van der Waals surface area (Å²) in [6.07, 6.45) is 0. The second-order valence-corrected chi connectivity index (χ2v) is 23.7. The molecule has 0 aliphatic heterocycles. The van der Waals surface area contributed by atoms with Gasteiger partial charge in [0.25, 0.3) is 0 Å². The molecule has 0 radical (unpaired) electrons. The van der Waals surface area contributed by atoms with Crippen molar-refractivity contribution in [2.75, 3.05) is 0 Å². The Balaban J connectivity index is 0.000000143. The summed E-state index contributed by atoms with van der Waals surface area (Å²) in [7, 11) is 0. The first-order chi connectivity index (χ1) is 46.6. The third-order valence-corrected chi connectivity index (χ3v) is 18.0. The summed E-state index contributed by atoms with van der Waals surface area (Å²) in [6, 6.07) is 124. The van der Waals surface area contributed by atoms with Crippen LogP contribution in [0.2, 0.25) is 0 Å². The molecule has 0 spiro atoms. The molecule has 0 aliphatic carbocycles. The summed E-state index contributed by atoms with van der Waals surface area (Å²) in [5, 5.41) is 7.00. The highest BCUT2D eigenvalue weighted by atomic mass is 15.0. The van der Waals surface area contributed by atoms with E-state index in [2.05, 4.69) is 312 Å². The zero-order valence-electron chi connectivity index (χ0n) is 51.2. The Morgan fingerprint density at radius 3 is 1.02 bits per heavy atom. The molecule has 0 bridgehead atoms. The van der Waals surface area contributed by atoms with Crippen LogP contribution in [0, 0.1) is 0 Å². The van der Waals surface area contributed by atoms with Crippen molar-refractivity contribution >= 4 is 65.4 Å². The molecule has 4 aromatic heterocycles. The van der Waals surface area contributed by atoms with Crippen LogP contribution in [-0.4, -0.2) is 29.1 Å². The van der Waals surface area contributed by atoms with E-state index in [1.54, 1.807) is 0 Å². The van der Waals surface area contributed by atoms with Gasteiger partial charge < -0.3 is 9.13 Å². The molecule has 6 nitrogen and oxygen atoms in total. The van der Waals surface area contributed by atoms with Crippen molar-refractivity contribution in [1.29, 1.82) is 0 Å². The zero-order chi connectivity index (χ0) is 62.3. The van der Waals surface area contributed by atoms with E-state index in [1.807, 2.05) is 48.5 Å². The van der Waals surface area contributed by atoms with Crippen LogP contribution >= 0.6 is 0 Å². The van der Waals surface area contributed by atoms with Crippen molar-refractivity contribution in [3.8, 4) is 101 Å². The van der Waals surface area contributed by atoms with E-state index < -0.39 is 0 Å². The quantitative estimate of drug-likeness (QED) is 0.137. The van der Waals surface area contributed by atoms with Gasteiger partial charge in [0, 0.05) is 71.5 Å². The summed E-state index contributed by atoms with van der Waals surface area (Å²) in [5.74, 6) is 1.45. The molecule has 0 aliphatic rings. The average molecular weight is 1200 g/mol. The van der Waals surface area contributed by atoms with E-state index in [-0.39, 0.29) is 0 Å². The Morgan fingerprint density at radius 2 is 0.532 bits per heavy atom. The van der Waals surface area contributed by atoms with Crippen molar-refractivity contribution in [3.05, 3.63) is 352 Å². The molecule has 0 unspecified atom stereocenters. The van der Waals surface area contributed by atoms with Gasteiger partial charge in [-0.3, -0.25) is 0 Å². The van der Waals surface area contributed by atoms with E-state index in [4.69, 9.17) is 19.9 Å². The van der Waals surface area contributed by atoms with Gasteiger partial charge in [0.05, 0.1) is 44.5 Å². The third-order valence-electron chi connectivity index (χ3n) is 18.0. The molecule has 18 rings (SSSR count). The van der Waals surface area contributed by atoms with Crippen molar-refractivity contribution in [2.45, 2.75) is 0 Å². The molecule has 6 heteroatoms. The van der Waals surface area contributed by atoms with E-state index >= 15 is 0 Å². The predicted molar refractivity (Wildman–Crippen MR) is 391 cm³/mol. The lowest BCUT2D eigenvalue weighted by Crippen LogP contribution is -1.97. The van der Waals surface area contributed by atoms with Gasteiger partial charge in [-0.05, 0) is 99.6 Å². The van der Waals surface area contributed by atoms with Crippen LogP contribution in [0.5, 0.6) is 0 Å². The maximum Gasteiger partial charge on any atom is 0.160 e. The SMILES string of the molecule is c1ccc(-c2ccc(-n3c4ccccc4c4ccc(-c5ccc6c(-c7ccccc7)nc(-c7ccccc7)nc6c5)cc43)cc2)cc1.c1ccc(-c2ccc(-n3c4ccccc4c4ccc(-c5cccc6c(-c7ccccc7)nc(-c7ccccc7)nc56)cc43)cc2)cc1. The maximum absolute atomic E-state index is 5.23. The lowest BCUT2D eigenvalue weighted by Gasteiger charge is -2.14. The molecule has 18 aromatic rings. The van der Waals surface area contributed by atoms with E-state index in [9.17, 15) is 0 Å². The minimum absolute atomic E-state index is 0.720. The molecule has 0 saturated carbocycles. The number of hydrogen-bond donors (Lipinski definition) is 0. The molecule has 0 N–H and O–H groups in total. The fourth-order valence-electron chi connectivity index (χ4n) is 13.5. The molecular formula is C88H58N6. The molecular weight excluding hydrogens is 1140 g/mol. The standard InChI is InChI=1S/2C44H29N3/c1-4-13-30(14-5-1)31-23-26-35(27-24-31)47-40-22-11-10-19-37(40)38-28-25-34(29-41(38)47)36-20-12-21-39-42(32-15-6-2-7-16-32)45-44(46-43(36)39)33-17-8-3-9-18-33;1-4-12-30(13-5-1)31-20-24-36(25-21-31)47-41-19-11-10-18-37(41)38-26-22-35(29-42(38)47)34-23-27-39-40(28-34)45-44(33-16-8-3-9-17-33)46-43(39)32-14-6-2-7-15-32/h2*1-29H. The number of para-hydroxylation sites is 3. The summed E-state index contributed by atoms with van der Waals surface area (Å²) in [4.78, 5) is 20.5. The Morgan fingerprint density at radius 1 is 0.191 bits per heavy atom. The lowest BCUT2D eigenvalue weighted by atomic mass is 9.98. The van der Waals surface area contributed by atoms with E-state index in [0.29, 0.717) is 0 Å². The second-order valence-electron chi connectivity index (χ2n) is 23.7. The molecule has 14 aromatic carbocycles. The van der Waals surface area contributed by atoms with Crippen molar-refractivity contribution < 1.29 is 0 Å². The minimum atomic E-state index is 0.720. The number of benzene rings is 14. The zero-order valence-corrected chi connectivity index (χ0v) is 51.2. The topological polar surface area (TPSA) is 61.4 Å². The van der Waals surface area contributed by atoms with Crippen LogP contribution in [0.15, 0.2) is 352 Å². The Hall–Kier alpha value is -12.6. The monoisotopic (exact) mass is 1200 g/mol. The number of aromatic nitrogens is 6. The van der Waals surface area contributed by atoms with Gasteiger partial charge in [-0.15, -0.1) is 0 Å². The second kappa shape index (κ2) is 24.0. The van der Waals surface area contributed by atoms with Crippen molar-refractivity contribution in [1.82, 2.24) is 29.1 Å². The largest absolute Gasteiger partial charge is 0.309 e. The summed E-state index contributed by atoms with van der Waals surface area (Å²) in [6.45, 7) is 0. The van der Waals surface area contributed by atoms with Crippen molar-refractivity contribution in [2.24, 2.45) is 0 Å². The molecule has 440 valence electrons. The normalized spacial score (nSPS) is 11.4. The number of hydrogen-bond acceptors (Lipinski definition) is 4. The fourth-order valence-corrected chi connectivity index (χ4v) is 13.5. The maximum atomic E-state index is 5.23. The van der Waals surface area contributed by atoms with Crippen LogP contribution in [-0.2, 0) is 0 Å². The van der Waals surface area contributed by atoms with Crippen LogP contribution in [0.3, 0.4) is 0 Å². The third kappa shape index (κ3) is 10.2. The number of rotatable bonds is 10. The van der Waals surface area contributed by atoms with Gasteiger partial charge in [0.2, 0.25) is 0 Å². The van der Waals surface area contributed by atoms with E-state index in [0.717, 1.165) is 106 Å². The smallest absolute Gasteiger partial charge is 0.160 e. The Bertz CT molecular complexity index is 5790. The Labute approximate surface area is 544 Å². The number of fused-ring (bicyclic) bond motifs is 8. The molecule has 0 saturated heterocycles. The first-order valence-electron chi connectivity index (χ1n) is 31.9. The van der Waals surface area contributed by atoms with Crippen molar-refractivity contribution in [3.63, 3.8) is 0 Å². The summed E-state index contributed by atoms with van der Waals surface area (Å²) < 4.78 is 4.76. The first-order valence-corrected chi connectivity index (χ1v) is 31.9. The molecule has 4 heterocycles. The molecule has 0 amide bonds. The van der Waals surface area contributed by atoms with Gasteiger partial charge in [0.1, 0.15) is 0 Å². The van der Waals surface area contributed by atoms with Gasteiger partial charge in [-0.2, -0.15) is 0 Å². The molecule has 94 heavy (non-hydrogen) atoms. The fraction of sp³-hybridized carbons (Fsp3) is 0. The number of nitrogens with zero attached hydrogens (tertiary/aromatic N) is 6. The Kier molecular flexibility index (Phi) is 14.1. The van der Waals surface area contributed by atoms with Crippen LogP contribution < -0.4 is 0 Å². The molecule has 0 fully saturated rings. The lowest BCUT2D eigenvalue weighted by molar-refractivity contribution is 1.18. The molecule has 0 atom stereocenters. The first kappa shape index (κ1) is 55.4. The highest BCUT2D eigenvalue weighted by Gasteiger charge is 2.20. The van der Waals surface area contributed by atoms with E-state index in [1.165, 1.54) is 60.3 Å². The van der Waals surface area contributed by atoms with Crippen LogP contribution in [0.4, 0.5) is 0 Å². The average Bonchev–Trinajstić information content (AvgIpc) is 1.53.